The number of hydrogen-bond acceptors (Lipinski definition) is 5. The van der Waals surface area contributed by atoms with Crippen molar-refractivity contribution in [3.8, 4) is 0 Å². The molecule has 7 heteroatoms. The summed E-state index contributed by atoms with van der Waals surface area (Å²) in [4.78, 5) is 26.4. The van der Waals surface area contributed by atoms with Crippen molar-refractivity contribution >= 4 is 12.2 Å². The van der Waals surface area contributed by atoms with Gasteiger partial charge in [0, 0.05) is 6.54 Å². The lowest BCUT2D eigenvalue weighted by Gasteiger charge is -2.40. The lowest BCUT2D eigenvalue weighted by atomic mass is 9.96. The zero-order chi connectivity index (χ0) is 21.2. The fourth-order valence-electron chi connectivity index (χ4n) is 3.61. The third kappa shape index (κ3) is 6.22. The first kappa shape index (κ1) is 21.6. The number of carbonyl (C=O) groups is 2. The van der Waals surface area contributed by atoms with Crippen LogP contribution in [0.1, 0.15) is 30.4 Å². The second kappa shape index (κ2) is 11.2. The first-order valence-electron chi connectivity index (χ1n) is 10.2. The maximum atomic E-state index is 12.8. The predicted molar refractivity (Wildman–Crippen MR) is 112 cm³/mol. The number of ether oxygens (including phenoxy) is 2. The third-order valence-electron chi connectivity index (χ3n) is 5.18. The second-order valence-electron chi connectivity index (χ2n) is 7.31. The third-order valence-corrected chi connectivity index (χ3v) is 5.18. The minimum atomic E-state index is -0.539. The second-order valence-corrected chi connectivity index (χ2v) is 7.31. The molecule has 0 bridgehead atoms. The number of amides is 2. The summed E-state index contributed by atoms with van der Waals surface area (Å²) in [5.74, 6) is 0. The Morgan fingerprint density at radius 2 is 1.47 bits per heavy atom. The number of aliphatic hydroxyl groups is 1. The van der Waals surface area contributed by atoms with Crippen LogP contribution in [0.5, 0.6) is 0 Å². The van der Waals surface area contributed by atoms with E-state index in [1.54, 1.807) is 4.90 Å². The van der Waals surface area contributed by atoms with E-state index in [9.17, 15) is 14.7 Å². The van der Waals surface area contributed by atoms with Gasteiger partial charge in [-0.05, 0) is 30.4 Å². The summed E-state index contributed by atoms with van der Waals surface area (Å²) in [6, 6.07) is 18.3. The predicted octanol–water partition coefficient (Wildman–Crippen LogP) is 3.47. The van der Waals surface area contributed by atoms with Crippen LogP contribution in [-0.4, -0.2) is 47.4 Å². The summed E-state index contributed by atoms with van der Waals surface area (Å²) in [6.07, 6.45) is 1.26. The van der Waals surface area contributed by atoms with Crippen molar-refractivity contribution in [3.63, 3.8) is 0 Å². The standard InChI is InChI=1S/C23H28N2O5/c26-15-21-13-7-12-20(14-24-22(27)29-16-18-8-3-1-4-9-18)25(21)23(28)30-17-19-10-5-2-6-11-19/h1-6,8-11,20-21,26H,7,12-17H2,(H,24,27). The molecule has 30 heavy (non-hydrogen) atoms. The summed E-state index contributed by atoms with van der Waals surface area (Å²) >= 11 is 0. The molecule has 1 heterocycles. The molecule has 0 spiro atoms. The summed E-state index contributed by atoms with van der Waals surface area (Å²) in [7, 11) is 0. The van der Waals surface area contributed by atoms with Crippen molar-refractivity contribution in [2.45, 2.75) is 44.6 Å². The van der Waals surface area contributed by atoms with Gasteiger partial charge in [-0.25, -0.2) is 9.59 Å². The van der Waals surface area contributed by atoms with Crippen LogP contribution in [-0.2, 0) is 22.7 Å². The first-order valence-corrected chi connectivity index (χ1v) is 10.2. The molecule has 0 saturated carbocycles. The first-order chi connectivity index (χ1) is 14.7. The highest BCUT2D eigenvalue weighted by Crippen LogP contribution is 2.24. The fraction of sp³-hybridized carbons (Fsp3) is 0.391. The SMILES string of the molecule is O=C(NCC1CCCC(CO)N1C(=O)OCc1ccccc1)OCc1ccccc1. The average molecular weight is 412 g/mol. The number of nitrogens with zero attached hydrogens (tertiary/aromatic N) is 1. The zero-order valence-corrected chi connectivity index (χ0v) is 16.9. The summed E-state index contributed by atoms with van der Waals surface area (Å²) in [5.41, 5.74) is 1.79. The highest BCUT2D eigenvalue weighted by atomic mass is 16.6. The van der Waals surface area contributed by atoms with E-state index in [1.165, 1.54) is 0 Å². The summed E-state index contributed by atoms with van der Waals surface area (Å²) in [5, 5.41) is 12.5. The normalized spacial score (nSPS) is 18.5. The molecule has 0 aliphatic carbocycles. The van der Waals surface area contributed by atoms with Crippen LogP contribution in [0.4, 0.5) is 9.59 Å². The number of alkyl carbamates (subject to hydrolysis) is 1. The minimum absolute atomic E-state index is 0.143. The van der Waals surface area contributed by atoms with Gasteiger partial charge in [-0.15, -0.1) is 0 Å². The van der Waals surface area contributed by atoms with Crippen molar-refractivity contribution in [1.82, 2.24) is 10.2 Å². The fourth-order valence-corrected chi connectivity index (χ4v) is 3.61. The van der Waals surface area contributed by atoms with Gasteiger partial charge in [0.1, 0.15) is 13.2 Å². The van der Waals surface area contributed by atoms with E-state index >= 15 is 0 Å². The highest BCUT2D eigenvalue weighted by Gasteiger charge is 2.35. The number of rotatable bonds is 7. The zero-order valence-electron chi connectivity index (χ0n) is 16.9. The van der Waals surface area contributed by atoms with Gasteiger partial charge in [0.05, 0.1) is 18.7 Å². The Hall–Kier alpha value is -3.06. The highest BCUT2D eigenvalue weighted by molar-refractivity contribution is 5.70. The minimum Gasteiger partial charge on any atom is -0.445 e. The van der Waals surface area contributed by atoms with Gasteiger partial charge in [0.15, 0.2) is 0 Å². The van der Waals surface area contributed by atoms with E-state index in [2.05, 4.69) is 5.32 Å². The van der Waals surface area contributed by atoms with Gasteiger partial charge < -0.3 is 19.9 Å². The Kier molecular flexibility index (Phi) is 8.09. The van der Waals surface area contributed by atoms with Crippen LogP contribution in [0.3, 0.4) is 0 Å². The largest absolute Gasteiger partial charge is 0.445 e. The van der Waals surface area contributed by atoms with Gasteiger partial charge in [0.2, 0.25) is 0 Å². The Labute approximate surface area is 176 Å². The van der Waals surface area contributed by atoms with E-state index in [-0.39, 0.29) is 38.4 Å². The molecule has 1 aliphatic heterocycles. The van der Waals surface area contributed by atoms with Crippen LogP contribution in [0.25, 0.3) is 0 Å². The molecule has 7 nitrogen and oxygen atoms in total. The van der Waals surface area contributed by atoms with E-state index in [0.717, 1.165) is 24.0 Å². The quantitative estimate of drug-likeness (QED) is 0.727. The van der Waals surface area contributed by atoms with Crippen LogP contribution in [0, 0.1) is 0 Å². The van der Waals surface area contributed by atoms with Crippen LogP contribution >= 0.6 is 0 Å². The van der Waals surface area contributed by atoms with Gasteiger partial charge in [-0.2, -0.15) is 0 Å². The lowest BCUT2D eigenvalue weighted by molar-refractivity contribution is 0.0227. The maximum Gasteiger partial charge on any atom is 0.410 e. The molecule has 0 aromatic heterocycles. The summed E-state index contributed by atoms with van der Waals surface area (Å²) in [6.45, 7) is 0.437. The van der Waals surface area contributed by atoms with E-state index in [0.29, 0.717) is 6.42 Å². The van der Waals surface area contributed by atoms with Crippen LogP contribution in [0.15, 0.2) is 60.7 Å². The number of aliphatic hydroxyl groups excluding tert-OH is 1. The number of carbonyl (C=O) groups excluding carboxylic acids is 2. The van der Waals surface area contributed by atoms with Gasteiger partial charge in [0.25, 0.3) is 0 Å². The molecule has 1 saturated heterocycles. The Bertz CT molecular complexity index is 800. The Morgan fingerprint density at radius 1 is 0.900 bits per heavy atom. The number of nitrogens with one attached hydrogen (secondary N) is 1. The molecule has 1 fully saturated rings. The van der Waals surface area contributed by atoms with E-state index in [1.807, 2.05) is 60.7 Å². The Balaban J connectivity index is 1.53. The van der Waals surface area contributed by atoms with Crippen molar-refractivity contribution < 1.29 is 24.2 Å². The number of benzene rings is 2. The number of piperidine rings is 1. The Morgan fingerprint density at radius 3 is 2.07 bits per heavy atom. The maximum absolute atomic E-state index is 12.8. The molecule has 160 valence electrons. The molecule has 2 amide bonds. The molecule has 2 aromatic carbocycles. The van der Waals surface area contributed by atoms with Crippen molar-refractivity contribution in [2.24, 2.45) is 0 Å². The molecule has 3 rings (SSSR count). The topological polar surface area (TPSA) is 88.1 Å². The van der Waals surface area contributed by atoms with Crippen molar-refractivity contribution in [2.75, 3.05) is 13.2 Å². The van der Waals surface area contributed by atoms with E-state index in [4.69, 9.17) is 9.47 Å². The average Bonchev–Trinajstić information content (AvgIpc) is 2.80. The van der Waals surface area contributed by atoms with E-state index < -0.39 is 12.2 Å². The number of hydrogen-bond donors (Lipinski definition) is 2. The number of likely N-dealkylation sites (tertiary alicyclic amines) is 1. The van der Waals surface area contributed by atoms with Crippen molar-refractivity contribution in [3.05, 3.63) is 71.8 Å². The molecule has 0 radical (unpaired) electrons. The molecule has 2 N–H and O–H groups in total. The molecule has 2 atom stereocenters. The molecule has 1 aliphatic rings. The van der Waals surface area contributed by atoms with Gasteiger partial charge in [-0.1, -0.05) is 60.7 Å². The molecular formula is C23H28N2O5. The monoisotopic (exact) mass is 412 g/mol. The molecule has 2 aromatic rings. The van der Waals surface area contributed by atoms with Crippen LogP contribution in [0.2, 0.25) is 0 Å². The molecule has 2 unspecified atom stereocenters. The van der Waals surface area contributed by atoms with Crippen molar-refractivity contribution in [1.29, 1.82) is 0 Å². The van der Waals surface area contributed by atoms with Gasteiger partial charge >= 0.3 is 12.2 Å². The molecular weight excluding hydrogens is 384 g/mol. The van der Waals surface area contributed by atoms with Crippen LogP contribution < -0.4 is 5.32 Å². The summed E-state index contributed by atoms with van der Waals surface area (Å²) < 4.78 is 10.7. The van der Waals surface area contributed by atoms with Gasteiger partial charge in [-0.3, -0.25) is 4.90 Å². The lowest BCUT2D eigenvalue weighted by Crippen LogP contribution is -2.55. The smallest absolute Gasteiger partial charge is 0.410 e.